The molecule has 0 bridgehead atoms. The summed E-state index contributed by atoms with van der Waals surface area (Å²) in [5.74, 6) is 0.263. The maximum absolute atomic E-state index is 12.2. The van der Waals surface area contributed by atoms with Gasteiger partial charge in [0.2, 0.25) is 0 Å². The van der Waals surface area contributed by atoms with Crippen LogP contribution in [0.4, 0.5) is 5.69 Å². The summed E-state index contributed by atoms with van der Waals surface area (Å²) in [6.07, 6.45) is 0. The van der Waals surface area contributed by atoms with Crippen molar-refractivity contribution in [2.75, 3.05) is 6.66 Å². The number of hydrogen-bond acceptors (Lipinski definition) is 5. The van der Waals surface area contributed by atoms with Gasteiger partial charge >= 0.3 is 7.60 Å². The number of nitrogens with zero attached hydrogens (tertiary/aromatic N) is 1. The zero-order valence-electron chi connectivity index (χ0n) is 11.3. The third-order valence-corrected chi connectivity index (χ3v) is 3.77. The van der Waals surface area contributed by atoms with Gasteiger partial charge in [0.15, 0.2) is 0 Å². The van der Waals surface area contributed by atoms with Crippen LogP contribution in [0.1, 0.15) is 5.56 Å². The maximum Gasteiger partial charge on any atom is 0.376 e. The fourth-order valence-electron chi connectivity index (χ4n) is 1.61. The second-order valence-corrected chi connectivity index (χ2v) is 6.36. The summed E-state index contributed by atoms with van der Waals surface area (Å²) in [5.41, 5.74) is 0.824. The third-order valence-electron chi connectivity index (χ3n) is 2.63. The molecule has 0 aliphatic rings. The first-order valence-electron chi connectivity index (χ1n) is 6.16. The Morgan fingerprint density at radius 1 is 1.10 bits per heavy atom. The Morgan fingerprint density at radius 3 is 2.29 bits per heavy atom. The Hall–Kier alpha value is -2.17. The highest BCUT2D eigenvalue weighted by atomic mass is 31.2. The zero-order valence-corrected chi connectivity index (χ0v) is 12.2. The number of non-ortho nitro benzene ring substituents is 1. The lowest BCUT2D eigenvalue weighted by molar-refractivity contribution is -0.384. The van der Waals surface area contributed by atoms with Crippen LogP contribution in [0, 0.1) is 10.1 Å². The van der Waals surface area contributed by atoms with E-state index >= 15 is 0 Å². The van der Waals surface area contributed by atoms with Gasteiger partial charge in [-0.2, -0.15) is 0 Å². The highest BCUT2D eigenvalue weighted by molar-refractivity contribution is 7.53. The second-order valence-electron chi connectivity index (χ2n) is 4.37. The van der Waals surface area contributed by atoms with E-state index in [0.717, 1.165) is 5.56 Å². The van der Waals surface area contributed by atoms with E-state index in [9.17, 15) is 14.7 Å². The molecule has 1 atom stereocenters. The van der Waals surface area contributed by atoms with Gasteiger partial charge in [-0.25, -0.2) is 4.57 Å². The molecule has 2 aromatic rings. The van der Waals surface area contributed by atoms with Crippen LogP contribution in [0.15, 0.2) is 54.6 Å². The molecule has 110 valence electrons. The van der Waals surface area contributed by atoms with Crippen LogP contribution < -0.4 is 4.52 Å². The van der Waals surface area contributed by atoms with E-state index in [0.29, 0.717) is 0 Å². The topological polar surface area (TPSA) is 78.7 Å². The lowest BCUT2D eigenvalue weighted by atomic mass is 10.2. The third kappa shape index (κ3) is 4.70. The van der Waals surface area contributed by atoms with Crippen molar-refractivity contribution < 1.29 is 18.5 Å². The average Bonchev–Trinajstić information content (AvgIpc) is 2.46. The van der Waals surface area contributed by atoms with Gasteiger partial charge < -0.3 is 4.52 Å². The van der Waals surface area contributed by atoms with Crippen molar-refractivity contribution in [3.05, 3.63) is 70.3 Å². The first-order chi connectivity index (χ1) is 9.96. The summed E-state index contributed by atoms with van der Waals surface area (Å²) in [5, 5.41) is 10.5. The Labute approximate surface area is 122 Å². The molecule has 2 rings (SSSR count). The van der Waals surface area contributed by atoms with Crippen LogP contribution in [-0.2, 0) is 15.7 Å². The number of nitro groups is 1. The fourth-order valence-corrected chi connectivity index (χ4v) is 2.55. The molecule has 0 radical (unpaired) electrons. The molecule has 0 spiro atoms. The molecule has 21 heavy (non-hydrogen) atoms. The summed E-state index contributed by atoms with van der Waals surface area (Å²) in [6, 6.07) is 14.6. The van der Waals surface area contributed by atoms with Gasteiger partial charge in [-0.1, -0.05) is 30.3 Å². The highest BCUT2D eigenvalue weighted by Crippen LogP contribution is 2.45. The lowest BCUT2D eigenvalue weighted by Crippen LogP contribution is -1.97. The first-order valence-corrected chi connectivity index (χ1v) is 8.15. The number of rotatable bonds is 6. The summed E-state index contributed by atoms with van der Waals surface area (Å²) in [4.78, 5) is 10.0. The summed E-state index contributed by atoms with van der Waals surface area (Å²) >= 11 is 0. The Kier molecular flexibility index (Phi) is 4.73. The highest BCUT2D eigenvalue weighted by Gasteiger charge is 2.19. The number of hydrogen-bond donors (Lipinski definition) is 0. The van der Waals surface area contributed by atoms with Crippen LogP contribution in [0.3, 0.4) is 0 Å². The van der Waals surface area contributed by atoms with Crippen molar-refractivity contribution in [2.24, 2.45) is 0 Å². The van der Waals surface area contributed by atoms with Crippen molar-refractivity contribution in [1.82, 2.24) is 0 Å². The van der Waals surface area contributed by atoms with Gasteiger partial charge in [0, 0.05) is 18.8 Å². The molecule has 0 aliphatic carbocycles. The molecule has 1 unspecified atom stereocenters. The minimum absolute atomic E-state index is 0.0570. The summed E-state index contributed by atoms with van der Waals surface area (Å²) in [6.45, 7) is 1.53. The molecule has 0 aliphatic heterocycles. The quantitative estimate of drug-likeness (QED) is 0.457. The van der Waals surface area contributed by atoms with E-state index in [4.69, 9.17) is 9.05 Å². The normalized spacial score (nSPS) is 13.4. The maximum atomic E-state index is 12.2. The fraction of sp³-hybridized carbons (Fsp3) is 0.143. The molecule has 0 aromatic heterocycles. The lowest BCUT2D eigenvalue weighted by Gasteiger charge is -2.15. The molecule has 0 heterocycles. The largest absolute Gasteiger partial charge is 0.425 e. The molecule has 0 amide bonds. The Bertz CT molecular complexity index is 657. The minimum Gasteiger partial charge on any atom is -0.425 e. The van der Waals surface area contributed by atoms with Crippen LogP contribution in [-0.4, -0.2) is 11.6 Å². The van der Waals surface area contributed by atoms with Crippen molar-refractivity contribution in [3.8, 4) is 5.75 Å². The molecule has 7 heteroatoms. The van der Waals surface area contributed by atoms with E-state index in [1.807, 2.05) is 30.3 Å². The van der Waals surface area contributed by atoms with Crippen LogP contribution >= 0.6 is 7.60 Å². The molecular weight excluding hydrogens is 293 g/mol. The van der Waals surface area contributed by atoms with Crippen LogP contribution in [0.5, 0.6) is 5.75 Å². The van der Waals surface area contributed by atoms with E-state index in [1.54, 1.807) is 0 Å². The summed E-state index contributed by atoms with van der Waals surface area (Å²) < 4.78 is 22.8. The molecule has 6 nitrogen and oxygen atoms in total. The monoisotopic (exact) mass is 307 g/mol. The van der Waals surface area contributed by atoms with Crippen molar-refractivity contribution in [1.29, 1.82) is 0 Å². The van der Waals surface area contributed by atoms with Crippen LogP contribution in [0.25, 0.3) is 0 Å². The Morgan fingerprint density at radius 2 is 1.71 bits per heavy atom. The zero-order chi connectivity index (χ0) is 15.3. The van der Waals surface area contributed by atoms with E-state index in [2.05, 4.69) is 0 Å². The minimum atomic E-state index is -3.29. The molecule has 0 N–H and O–H groups in total. The second kappa shape index (κ2) is 6.52. The van der Waals surface area contributed by atoms with Gasteiger partial charge in [0.05, 0.1) is 11.5 Å². The average molecular weight is 307 g/mol. The van der Waals surface area contributed by atoms with E-state index in [1.165, 1.54) is 30.9 Å². The predicted octanol–water partition coefficient (Wildman–Crippen LogP) is 4.01. The molecular formula is C14H14NO5P. The van der Waals surface area contributed by atoms with Crippen molar-refractivity contribution >= 4 is 13.3 Å². The van der Waals surface area contributed by atoms with Crippen molar-refractivity contribution in [3.63, 3.8) is 0 Å². The van der Waals surface area contributed by atoms with Gasteiger partial charge in [-0.3, -0.25) is 14.6 Å². The first kappa shape index (κ1) is 15.2. The smallest absolute Gasteiger partial charge is 0.376 e. The predicted molar refractivity (Wildman–Crippen MR) is 78.5 cm³/mol. The SMILES string of the molecule is CP(=O)(OCc1ccccc1)Oc1ccc([N+](=O)[O-])cc1. The van der Waals surface area contributed by atoms with Gasteiger partial charge in [-0.15, -0.1) is 0 Å². The Balaban J connectivity index is 1.97. The van der Waals surface area contributed by atoms with Crippen LogP contribution in [0.2, 0.25) is 0 Å². The van der Waals surface area contributed by atoms with E-state index < -0.39 is 12.5 Å². The van der Waals surface area contributed by atoms with Gasteiger partial charge in [0.1, 0.15) is 5.75 Å². The number of nitro benzene ring substituents is 1. The van der Waals surface area contributed by atoms with Gasteiger partial charge in [0.25, 0.3) is 5.69 Å². The molecule has 2 aromatic carbocycles. The summed E-state index contributed by atoms with van der Waals surface area (Å²) in [7, 11) is -3.29. The van der Waals surface area contributed by atoms with E-state index in [-0.39, 0.29) is 18.0 Å². The standard InChI is InChI=1S/C14H14NO5P/c1-21(18,19-11-12-5-3-2-4-6-12)20-14-9-7-13(8-10-14)15(16)17/h2-10H,11H2,1H3. The molecule has 0 saturated carbocycles. The number of benzene rings is 2. The molecule has 0 saturated heterocycles. The van der Waals surface area contributed by atoms with Crippen molar-refractivity contribution in [2.45, 2.75) is 6.61 Å². The molecule has 0 fully saturated rings. The van der Waals surface area contributed by atoms with Gasteiger partial charge in [-0.05, 0) is 17.7 Å².